The van der Waals surface area contributed by atoms with Crippen molar-refractivity contribution in [3.63, 3.8) is 0 Å². The quantitative estimate of drug-likeness (QED) is 0.731. The van der Waals surface area contributed by atoms with Crippen molar-refractivity contribution in [2.75, 3.05) is 18.5 Å². The van der Waals surface area contributed by atoms with Crippen molar-refractivity contribution in [3.05, 3.63) is 71.4 Å². The molecule has 28 heavy (non-hydrogen) atoms. The number of para-hydroxylation sites is 2. The van der Waals surface area contributed by atoms with E-state index in [9.17, 15) is 9.59 Å². The summed E-state index contributed by atoms with van der Waals surface area (Å²) in [5.74, 6) is 0.459. The van der Waals surface area contributed by atoms with Crippen molar-refractivity contribution in [1.82, 2.24) is 5.32 Å². The lowest BCUT2D eigenvalue weighted by Crippen LogP contribution is -2.50. The largest absolute Gasteiger partial charge is 0.477 e. The van der Waals surface area contributed by atoms with Crippen LogP contribution in [0.3, 0.4) is 0 Å². The van der Waals surface area contributed by atoms with Gasteiger partial charge in [-0.15, -0.1) is 0 Å². The summed E-state index contributed by atoms with van der Waals surface area (Å²) in [6.45, 7) is 0.0810. The van der Waals surface area contributed by atoms with Gasteiger partial charge in [0.05, 0.1) is 17.3 Å². The highest BCUT2D eigenvalue weighted by Crippen LogP contribution is 2.35. The fourth-order valence-corrected chi connectivity index (χ4v) is 3.34. The molecular formula is C21H17ClN2O4. The molecule has 1 N–H and O–H groups in total. The number of furan rings is 1. The molecule has 2 aromatic carbocycles. The summed E-state index contributed by atoms with van der Waals surface area (Å²) in [5, 5.41) is 3.09. The Kier molecular flexibility index (Phi) is 4.79. The molecule has 2 heterocycles. The van der Waals surface area contributed by atoms with Gasteiger partial charge >= 0.3 is 0 Å². The molecule has 1 aliphatic heterocycles. The van der Waals surface area contributed by atoms with E-state index < -0.39 is 6.10 Å². The summed E-state index contributed by atoms with van der Waals surface area (Å²) in [6, 6.07) is 17.6. The fraction of sp³-hybridized carbons (Fsp3) is 0.143. The number of nitrogens with one attached hydrogen (secondary N) is 1. The zero-order valence-electron chi connectivity index (χ0n) is 15.0. The molecule has 0 saturated carbocycles. The number of benzene rings is 2. The lowest BCUT2D eigenvalue weighted by Gasteiger charge is -2.33. The molecule has 6 nitrogen and oxygen atoms in total. The van der Waals surface area contributed by atoms with Crippen LogP contribution in [0.1, 0.15) is 10.6 Å². The number of ether oxygens (including phenoxy) is 1. The summed E-state index contributed by atoms with van der Waals surface area (Å²) in [7, 11) is 1.53. The molecule has 7 heteroatoms. The van der Waals surface area contributed by atoms with Crippen LogP contribution in [0.4, 0.5) is 5.69 Å². The van der Waals surface area contributed by atoms with E-state index in [2.05, 4.69) is 5.32 Å². The highest BCUT2D eigenvalue weighted by molar-refractivity contribution is 6.33. The number of carbonyl (C=O) groups is 2. The van der Waals surface area contributed by atoms with Crippen molar-refractivity contribution >= 4 is 29.1 Å². The molecule has 0 saturated heterocycles. The third-order valence-electron chi connectivity index (χ3n) is 4.51. The average Bonchev–Trinajstić information content (AvgIpc) is 3.22. The van der Waals surface area contributed by atoms with Crippen LogP contribution in [0.15, 0.2) is 65.1 Å². The lowest BCUT2D eigenvalue weighted by atomic mass is 10.1. The Morgan fingerprint density at radius 2 is 1.82 bits per heavy atom. The van der Waals surface area contributed by atoms with E-state index in [4.69, 9.17) is 20.8 Å². The zero-order valence-corrected chi connectivity index (χ0v) is 15.8. The zero-order chi connectivity index (χ0) is 19.7. The van der Waals surface area contributed by atoms with Crippen molar-refractivity contribution in [1.29, 1.82) is 0 Å². The summed E-state index contributed by atoms with van der Waals surface area (Å²) in [5.41, 5.74) is 1.29. The number of likely N-dealkylation sites (N-methyl/N-ethyl adjacent to an activating group) is 1. The molecule has 3 aromatic rings. The molecule has 1 aliphatic rings. The first-order valence-electron chi connectivity index (χ1n) is 8.72. The number of halogens is 1. The number of amides is 2. The highest BCUT2D eigenvalue weighted by Gasteiger charge is 2.34. The van der Waals surface area contributed by atoms with E-state index in [0.29, 0.717) is 27.8 Å². The molecule has 0 radical (unpaired) electrons. The number of hydrogen-bond donors (Lipinski definition) is 1. The van der Waals surface area contributed by atoms with E-state index in [1.54, 1.807) is 42.5 Å². The maximum absolute atomic E-state index is 13.2. The van der Waals surface area contributed by atoms with E-state index >= 15 is 0 Å². The van der Waals surface area contributed by atoms with Gasteiger partial charge in [0.25, 0.3) is 11.8 Å². The maximum atomic E-state index is 13.2. The number of anilines is 1. The monoisotopic (exact) mass is 396 g/mol. The number of carbonyl (C=O) groups excluding carboxylic acids is 2. The van der Waals surface area contributed by atoms with E-state index in [-0.39, 0.29) is 24.1 Å². The topological polar surface area (TPSA) is 71.8 Å². The van der Waals surface area contributed by atoms with Crippen LogP contribution in [-0.2, 0) is 4.79 Å². The van der Waals surface area contributed by atoms with Gasteiger partial charge in [-0.1, -0.05) is 35.9 Å². The minimum absolute atomic E-state index is 0.0810. The van der Waals surface area contributed by atoms with Gasteiger partial charge in [-0.2, -0.15) is 0 Å². The molecular weight excluding hydrogens is 380 g/mol. The van der Waals surface area contributed by atoms with Gasteiger partial charge in [0.2, 0.25) is 0 Å². The standard InChI is InChI=1S/C21H17ClN2O4/c1-23-20(25)19-12-24(15-8-4-5-9-17(15)28-19)21(26)18-11-10-16(27-18)13-6-2-3-7-14(13)22/h2-11,19H,12H2,1H3,(H,23,25)/t19-/m0/s1. The Morgan fingerprint density at radius 1 is 1.07 bits per heavy atom. The SMILES string of the molecule is CNC(=O)[C@@H]1CN(C(=O)c2ccc(-c3ccccc3Cl)o2)c2ccccc2O1. The van der Waals surface area contributed by atoms with Gasteiger partial charge in [-0.25, -0.2) is 0 Å². The predicted octanol–water partition coefficient (Wildman–Crippen LogP) is 3.75. The summed E-state index contributed by atoms with van der Waals surface area (Å²) in [4.78, 5) is 26.8. The van der Waals surface area contributed by atoms with E-state index in [0.717, 1.165) is 0 Å². The van der Waals surface area contributed by atoms with Crippen LogP contribution in [0.25, 0.3) is 11.3 Å². The van der Waals surface area contributed by atoms with Crippen LogP contribution >= 0.6 is 11.6 Å². The number of nitrogens with zero attached hydrogens (tertiary/aromatic N) is 1. The van der Waals surface area contributed by atoms with Crippen molar-refractivity contribution in [3.8, 4) is 17.1 Å². The second-order valence-corrected chi connectivity index (χ2v) is 6.66. The minimum atomic E-state index is -0.804. The normalized spacial score (nSPS) is 15.5. The molecule has 0 bridgehead atoms. The third kappa shape index (κ3) is 3.23. The average molecular weight is 397 g/mol. The minimum Gasteiger partial charge on any atom is -0.477 e. The Labute approximate surface area is 166 Å². The van der Waals surface area contributed by atoms with Gasteiger partial charge in [0.1, 0.15) is 11.5 Å². The first-order valence-corrected chi connectivity index (χ1v) is 9.10. The predicted molar refractivity (Wildman–Crippen MR) is 106 cm³/mol. The molecule has 1 aromatic heterocycles. The molecule has 0 aliphatic carbocycles. The van der Waals surface area contributed by atoms with Crippen LogP contribution in [0.2, 0.25) is 5.02 Å². The molecule has 0 fully saturated rings. The Morgan fingerprint density at radius 3 is 2.61 bits per heavy atom. The summed E-state index contributed by atoms with van der Waals surface area (Å²) in [6.07, 6.45) is -0.804. The number of rotatable bonds is 3. The van der Waals surface area contributed by atoms with Gasteiger partial charge in [-0.05, 0) is 36.4 Å². The molecule has 4 rings (SSSR count). The van der Waals surface area contributed by atoms with Crippen LogP contribution in [0.5, 0.6) is 5.75 Å². The number of hydrogen-bond acceptors (Lipinski definition) is 4. The van der Waals surface area contributed by atoms with Gasteiger partial charge in [-0.3, -0.25) is 14.5 Å². The van der Waals surface area contributed by atoms with Gasteiger partial charge in [0, 0.05) is 12.6 Å². The molecule has 2 amide bonds. The van der Waals surface area contributed by atoms with Crippen molar-refractivity contribution < 1.29 is 18.7 Å². The second-order valence-electron chi connectivity index (χ2n) is 6.25. The summed E-state index contributed by atoms with van der Waals surface area (Å²) < 4.78 is 11.5. The smallest absolute Gasteiger partial charge is 0.294 e. The summed E-state index contributed by atoms with van der Waals surface area (Å²) >= 11 is 6.22. The van der Waals surface area contributed by atoms with Crippen LogP contribution in [-0.4, -0.2) is 31.5 Å². The maximum Gasteiger partial charge on any atom is 0.294 e. The molecule has 0 unspecified atom stereocenters. The Balaban J connectivity index is 1.68. The van der Waals surface area contributed by atoms with E-state index in [1.807, 2.05) is 18.2 Å². The highest BCUT2D eigenvalue weighted by atomic mass is 35.5. The lowest BCUT2D eigenvalue weighted by molar-refractivity contribution is -0.127. The molecule has 0 spiro atoms. The van der Waals surface area contributed by atoms with E-state index in [1.165, 1.54) is 11.9 Å². The first kappa shape index (κ1) is 18.1. The first-order chi connectivity index (χ1) is 13.6. The van der Waals surface area contributed by atoms with Crippen LogP contribution < -0.4 is 15.0 Å². The van der Waals surface area contributed by atoms with Crippen molar-refractivity contribution in [2.45, 2.75) is 6.10 Å². The molecule has 1 atom stereocenters. The Bertz CT molecular complexity index is 1050. The molecule has 142 valence electrons. The Hall–Kier alpha value is -3.25. The number of fused-ring (bicyclic) bond motifs is 1. The van der Waals surface area contributed by atoms with Crippen LogP contribution in [0, 0.1) is 0 Å². The van der Waals surface area contributed by atoms with Gasteiger partial charge < -0.3 is 14.5 Å². The second kappa shape index (κ2) is 7.40. The fourth-order valence-electron chi connectivity index (χ4n) is 3.12. The van der Waals surface area contributed by atoms with Gasteiger partial charge in [0.15, 0.2) is 11.9 Å². The third-order valence-corrected chi connectivity index (χ3v) is 4.84. The van der Waals surface area contributed by atoms with Crippen molar-refractivity contribution in [2.24, 2.45) is 0 Å².